The van der Waals surface area contributed by atoms with Crippen LogP contribution in [0.25, 0.3) is 10.2 Å². The van der Waals surface area contributed by atoms with E-state index in [0.717, 1.165) is 59.1 Å². The number of aryl methyl sites for hydroxylation is 1. The lowest BCUT2D eigenvalue weighted by Gasteiger charge is -2.24. The summed E-state index contributed by atoms with van der Waals surface area (Å²) in [6.07, 6.45) is 0.958. The van der Waals surface area contributed by atoms with Crippen LogP contribution < -0.4 is 9.64 Å². The van der Waals surface area contributed by atoms with Gasteiger partial charge in [-0.25, -0.2) is 4.98 Å². The molecule has 5 nitrogen and oxygen atoms in total. The minimum absolute atomic E-state index is 0.111. The van der Waals surface area contributed by atoms with Crippen molar-refractivity contribution in [3.8, 4) is 5.75 Å². The molecule has 140 valence electrons. The topological polar surface area (TPSA) is 45.7 Å². The lowest BCUT2D eigenvalue weighted by Crippen LogP contribution is -2.35. The third-order valence-electron chi connectivity index (χ3n) is 4.96. The minimum Gasteiger partial charge on any atom is -0.497 e. The summed E-state index contributed by atoms with van der Waals surface area (Å²) in [5.41, 5.74) is 2.89. The van der Waals surface area contributed by atoms with Crippen LogP contribution in [0.3, 0.4) is 0 Å². The first-order valence-electron chi connectivity index (χ1n) is 9.19. The van der Waals surface area contributed by atoms with Gasteiger partial charge in [0.15, 0.2) is 0 Å². The molecule has 0 aliphatic carbocycles. The fraction of sp³-hybridized carbons (Fsp3) is 0.333. The van der Waals surface area contributed by atoms with Crippen molar-refractivity contribution in [1.82, 2.24) is 9.88 Å². The highest BCUT2D eigenvalue weighted by atomic mass is 32.1. The maximum atomic E-state index is 13.0. The maximum Gasteiger partial charge on any atom is 0.253 e. The number of aromatic nitrogens is 1. The molecule has 2 aromatic carbocycles. The summed E-state index contributed by atoms with van der Waals surface area (Å²) in [4.78, 5) is 21.8. The van der Waals surface area contributed by atoms with Crippen LogP contribution in [0, 0.1) is 6.92 Å². The molecule has 1 aromatic heterocycles. The van der Waals surface area contributed by atoms with Crippen LogP contribution in [0.1, 0.15) is 21.8 Å². The molecule has 3 aromatic rings. The SMILES string of the molecule is COc1ccc(N2CCCN(C(=O)c3ccc4nc(C)sc4c3)CC2)cc1. The van der Waals surface area contributed by atoms with Gasteiger partial charge in [0.2, 0.25) is 0 Å². The molecule has 1 aliphatic rings. The monoisotopic (exact) mass is 381 g/mol. The predicted octanol–water partition coefficient (Wildman–Crippen LogP) is 3.97. The quantitative estimate of drug-likeness (QED) is 0.689. The second-order valence-electron chi connectivity index (χ2n) is 6.75. The summed E-state index contributed by atoms with van der Waals surface area (Å²) in [5, 5.41) is 1.03. The number of amides is 1. The number of anilines is 1. The molecule has 0 unspecified atom stereocenters. The molecule has 0 saturated carbocycles. The molecule has 1 amide bonds. The van der Waals surface area contributed by atoms with Gasteiger partial charge in [0.05, 0.1) is 22.3 Å². The van der Waals surface area contributed by atoms with E-state index < -0.39 is 0 Å². The molecular formula is C21H23N3O2S. The molecule has 2 heterocycles. The van der Waals surface area contributed by atoms with Gasteiger partial charge in [0, 0.05) is 37.4 Å². The Kier molecular flexibility index (Phi) is 4.99. The van der Waals surface area contributed by atoms with E-state index in [4.69, 9.17) is 4.74 Å². The Morgan fingerprint density at radius 2 is 1.89 bits per heavy atom. The van der Waals surface area contributed by atoms with Gasteiger partial charge in [-0.05, 0) is 55.8 Å². The highest BCUT2D eigenvalue weighted by molar-refractivity contribution is 7.18. The minimum atomic E-state index is 0.111. The summed E-state index contributed by atoms with van der Waals surface area (Å²) < 4.78 is 6.31. The molecule has 0 N–H and O–H groups in total. The van der Waals surface area contributed by atoms with E-state index >= 15 is 0 Å². The van der Waals surface area contributed by atoms with Crippen LogP contribution in [0.2, 0.25) is 0 Å². The molecule has 6 heteroatoms. The number of thiazole rings is 1. The van der Waals surface area contributed by atoms with Gasteiger partial charge in [0.1, 0.15) is 5.75 Å². The first kappa shape index (κ1) is 17.8. The van der Waals surface area contributed by atoms with E-state index in [9.17, 15) is 4.79 Å². The zero-order valence-corrected chi connectivity index (χ0v) is 16.5. The Labute approximate surface area is 163 Å². The fourth-order valence-electron chi connectivity index (χ4n) is 3.53. The molecule has 4 rings (SSSR count). The first-order chi connectivity index (χ1) is 13.1. The molecule has 0 radical (unpaired) electrons. The number of benzene rings is 2. The summed E-state index contributed by atoms with van der Waals surface area (Å²) >= 11 is 1.63. The van der Waals surface area contributed by atoms with Gasteiger partial charge in [-0.15, -0.1) is 11.3 Å². The third-order valence-corrected chi connectivity index (χ3v) is 5.90. The van der Waals surface area contributed by atoms with Crippen LogP contribution in [-0.2, 0) is 0 Å². The first-order valence-corrected chi connectivity index (χ1v) is 10.0. The standard InChI is InChI=1S/C21H23N3O2S/c1-15-22-19-9-4-16(14-20(19)27-15)21(25)24-11-3-10-23(12-13-24)17-5-7-18(26-2)8-6-17/h4-9,14H,3,10-13H2,1-2H3. The number of hydrogen-bond acceptors (Lipinski definition) is 5. The number of carbonyl (C=O) groups is 1. The lowest BCUT2D eigenvalue weighted by molar-refractivity contribution is 0.0767. The second kappa shape index (κ2) is 7.56. The van der Waals surface area contributed by atoms with Crippen LogP contribution in [0.5, 0.6) is 5.75 Å². The molecule has 27 heavy (non-hydrogen) atoms. The predicted molar refractivity (Wildman–Crippen MR) is 110 cm³/mol. The molecule has 1 fully saturated rings. The summed E-state index contributed by atoms with van der Waals surface area (Å²) in [6.45, 7) is 5.29. The third kappa shape index (κ3) is 3.76. The average molecular weight is 382 g/mol. The van der Waals surface area contributed by atoms with Crippen molar-refractivity contribution in [3.05, 3.63) is 53.0 Å². The van der Waals surface area contributed by atoms with Crippen LogP contribution >= 0.6 is 11.3 Å². The molecule has 1 aliphatic heterocycles. The van der Waals surface area contributed by atoms with Gasteiger partial charge in [0.25, 0.3) is 5.91 Å². The number of methoxy groups -OCH3 is 1. The number of hydrogen-bond donors (Lipinski definition) is 0. The van der Waals surface area contributed by atoms with Crippen molar-refractivity contribution >= 4 is 33.1 Å². The van der Waals surface area contributed by atoms with E-state index in [1.165, 1.54) is 5.69 Å². The summed E-state index contributed by atoms with van der Waals surface area (Å²) in [6, 6.07) is 14.0. The van der Waals surface area contributed by atoms with E-state index in [1.54, 1.807) is 18.4 Å². The zero-order valence-electron chi connectivity index (χ0n) is 15.6. The van der Waals surface area contributed by atoms with E-state index in [-0.39, 0.29) is 5.91 Å². The van der Waals surface area contributed by atoms with Gasteiger partial charge in [-0.2, -0.15) is 0 Å². The highest BCUT2D eigenvalue weighted by Crippen LogP contribution is 2.24. The van der Waals surface area contributed by atoms with Crippen molar-refractivity contribution in [1.29, 1.82) is 0 Å². The molecular weight excluding hydrogens is 358 g/mol. The maximum absolute atomic E-state index is 13.0. The van der Waals surface area contributed by atoms with Crippen molar-refractivity contribution in [2.45, 2.75) is 13.3 Å². The van der Waals surface area contributed by atoms with Crippen LogP contribution in [-0.4, -0.2) is 49.1 Å². The van der Waals surface area contributed by atoms with Gasteiger partial charge in [-0.1, -0.05) is 0 Å². The Morgan fingerprint density at radius 1 is 1.07 bits per heavy atom. The van der Waals surface area contributed by atoms with Crippen molar-refractivity contribution < 1.29 is 9.53 Å². The molecule has 0 bridgehead atoms. The Hall–Kier alpha value is -2.60. The number of rotatable bonds is 3. The second-order valence-corrected chi connectivity index (χ2v) is 7.98. The molecule has 0 atom stereocenters. The smallest absolute Gasteiger partial charge is 0.253 e. The van der Waals surface area contributed by atoms with Crippen LogP contribution in [0.4, 0.5) is 5.69 Å². The summed E-state index contributed by atoms with van der Waals surface area (Å²) in [7, 11) is 1.68. The van der Waals surface area contributed by atoms with E-state index in [1.807, 2.05) is 42.2 Å². The van der Waals surface area contributed by atoms with Gasteiger partial charge < -0.3 is 14.5 Å². The highest BCUT2D eigenvalue weighted by Gasteiger charge is 2.21. The average Bonchev–Trinajstić information content (AvgIpc) is 2.90. The Morgan fingerprint density at radius 3 is 2.67 bits per heavy atom. The number of fused-ring (bicyclic) bond motifs is 1. The molecule has 1 saturated heterocycles. The summed E-state index contributed by atoms with van der Waals surface area (Å²) in [5.74, 6) is 0.971. The number of carbonyl (C=O) groups excluding carboxylic acids is 1. The van der Waals surface area contributed by atoms with Gasteiger partial charge in [-0.3, -0.25) is 4.79 Å². The zero-order chi connectivity index (χ0) is 18.8. The van der Waals surface area contributed by atoms with E-state index in [2.05, 4.69) is 22.0 Å². The fourth-order valence-corrected chi connectivity index (χ4v) is 4.39. The van der Waals surface area contributed by atoms with Crippen molar-refractivity contribution in [2.24, 2.45) is 0 Å². The number of ether oxygens (including phenoxy) is 1. The largest absolute Gasteiger partial charge is 0.497 e. The number of nitrogens with zero attached hydrogens (tertiary/aromatic N) is 3. The van der Waals surface area contributed by atoms with Crippen LogP contribution in [0.15, 0.2) is 42.5 Å². The van der Waals surface area contributed by atoms with E-state index in [0.29, 0.717) is 0 Å². The normalized spacial score (nSPS) is 15.0. The van der Waals surface area contributed by atoms with Crippen molar-refractivity contribution in [3.63, 3.8) is 0 Å². The van der Waals surface area contributed by atoms with Gasteiger partial charge >= 0.3 is 0 Å². The Balaban J connectivity index is 1.46. The molecule has 0 spiro atoms. The lowest BCUT2D eigenvalue weighted by atomic mass is 10.2. The Bertz CT molecular complexity index is 952. The van der Waals surface area contributed by atoms with Crippen molar-refractivity contribution in [2.75, 3.05) is 38.2 Å².